The highest BCUT2D eigenvalue weighted by Crippen LogP contribution is 2.34. The number of likely N-dealkylation sites (tertiary alicyclic amines) is 1. The van der Waals surface area contributed by atoms with Crippen LogP contribution in [0, 0.1) is 0 Å². The van der Waals surface area contributed by atoms with Gasteiger partial charge in [-0.25, -0.2) is 15.0 Å². The van der Waals surface area contributed by atoms with Crippen molar-refractivity contribution < 1.29 is 4.79 Å². The number of nitrogens with zero attached hydrogens (tertiary/aromatic N) is 6. The average Bonchev–Trinajstić information content (AvgIpc) is 3.49. The second kappa shape index (κ2) is 10.3. The molecular weight excluding hydrogens is 510 g/mol. The Labute approximate surface area is 238 Å². The van der Waals surface area contributed by atoms with Crippen LogP contribution < -0.4 is 5.73 Å². The van der Waals surface area contributed by atoms with Gasteiger partial charge >= 0.3 is 0 Å². The maximum Gasteiger partial charge on any atom is 0.246 e. The normalized spacial score (nSPS) is 18.6. The van der Waals surface area contributed by atoms with Crippen LogP contribution in [0.15, 0.2) is 97.7 Å². The molecule has 7 rings (SSSR count). The third-order valence-electron chi connectivity index (χ3n) is 8.33. The van der Waals surface area contributed by atoms with E-state index in [9.17, 15) is 4.79 Å². The van der Waals surface area contributed by atoms with E-state index >= 15 is 0 Å². The Kier molecular flexibility index (Phi) is 6.32. The zero-order valence-corrected chi connectivity index (χ0v) is 22.7. The van der Waals surface area contributed by atoms with E-state index in [0.717, 1.165) is 66.1 Å². The molecule has 0 radical (unpaired) electrons. The lowest BCUT2D eigenvalue weighted by atomic mass is 10.1. The summed E-state index contributed by atoms with van der Waals surface area (Å²) in [5.74, 6) is 1.16. The van der Waals surface area contributed by atoms with Crippen molar-refractivity contribution in [2.24, 2.45) is 0 Å². The first-order chi connectivity index (χ1) is 20.1. The summed E-state index contributed by atoms with van der Waals surface area (Å²) >= 11 is 0. The van der Waals surface area contributed by atoms with E-state index in [4.69, 9.17) is 15.7 Å². The van der Waals surface area contributed by atoms with Crippen LogP contribution in [0.4, 0.5) is 5.82 Å². The van der Waals surface area contributed by atoms with Crippen molar-refractivity contribution in [2.45, 2.75) is 31.5 Å². The predicted molar refractivity (Wildman–Crippen MR) is 161 cm³/mol. The number of hydrogen-bond acceptors (Lipinski definition) is 6. The summed E-state index contributed by atoms with van der Waals surface area (Å²) in [6, 6.07) is 27.4. The van der Waals surface area contributed by atoms with Crippen LogP contribution in [0.1, 0.15) is 18.4 Å². The summed E-state index contributed by atoms with van der Waals surface area (Å²) in [6.45, 7) is 6.06. The lowest BCUT2D eigenvalue weighted by Gasteiger charge is -2.40. The fourth-order valence-corrected chi connectivity index (χ4v) is 6.28. The lowest BCUT2D eigenvalue weighted by Crippen LogP contribution is -2.54. The Morgan fingerprint density at radius 2 is 1.68 bits per heavy atom. The third-order valence-corrected chi connectivity index (χ3v) is 8.33. The Hall–Kier alpha value is -4.82. The zero-order chi connectivity index (χ0) is 27.9. The summed E-state index contributed by atoms with van der Waals surface area (Å²) in [7, 11) is 0. The molecule has 2 aliphatic rings. The van der Waals surface area contributed by atoms with Crippen molar-refractivity contribution in [1.82, 2.24) is 29.3 Å². The third kappa shape index (κ3) is 4.56. The van der Waals surface area contributed by atoms with Gasteiger partial charge in [-0.05, 0) is 60.9 Å². The zero-order valence-electron chi connectivity index (χ0n) is 22.7. The molecule has 0 spiro atoms. The van der Waals surface area contributed by atoms with E-state index in [1.807, 2.05) is 47.4 Å². The molecule has 2 aromatic carbocycles. The molecule has 2 N–H and O–H groups in total. The standard InChI is InChI=1S/C33H31N7O/c1-2-30(41)38-20-25-14-15-26(21-38)39(25)19-22-10-12-24(13-11-22)40-32(27-9-6-18-35-31(27)34)37-29-17-16-28(36-33(29)40)23-7-4-3-5-8-23/h2-13,16-18,25-26H,1,14-15,19-21H2,(H2,34,35). The average molecular weight is 542 g/mol. The number of amides is 1. The fourth-order valence-electron chi connectivity index (χ4n) is 6.28. The first kappa shape index (κ1) is 25.2. The summed E-state index contributed by atoms with van der Waals surface area (Å²) in [6.07, 6.45) is 5.36. The number of rotatable bonds is 6. The van der Waals surface area contributed by atoms with Gasteiger partial charge in [-0.3, -0.25) is 14.3 Å². The van der Waals surface area contributed by atoms with Gasteiger partial charge < -0.3 is 10.6 Å². The van der Waals surface area contributed by atoms with Crippen molar-refractivity contribution in [2.75, 3.05) is 18.8 Å². The minimum Gasteiger partial charge on any atom is -0.383 e. The van der Waals surface area contributed by atoms with Gasteiger partial charge in [0.1, 0.15) is 11.3 Å². The monoisotopic (exact) mass is 541 g/mol. The summed E-state index contributed by atoms with van der Waals surface area (Å²) in [5.41, 5.74) is 12.7. The highest BCUT2D eigenvalue weighted by Gasteiger charge is 2.40. The molecule has 2 aliphatic heterocycles. The summed E-state index contributed by atoms with van der Waals surface area (Å²) < 4.78 is 2.07. The van der Waals surface area contributed by atoms with Crippen molar-refractivity contribution in [3.05, 3.63) is 103 Å². The van der Waals surface area contributed by atoms with Crippen LogP contribution >= 0.6 is 0 Å². The van der Waals surface area contributed by atoms with E-state index in [2.05, 4.69) is 57.4 Å². The molecule has 2 unspecified atom stereocenters. The number of hydrogen-bond donors (Lipinski definition) is 1. The highest BCUT2D eigenvalue weighted by molar-refractivity contribution is 5.87. The van der Waals surface area contributed by atoms with E-state index in [0.29, 0.717) is 23.7 Å². The molecule has 5 heterocycles. The Morgan fingerprint density at radius 3 is 2.39 bits per heavy atom. The predicted octanol–water partition coefficient (Wildman–Crippen LogP) is 5.09. The van der Waals surface area contributed by atoms with Gasteiger partial charge in [0.2, 0.25) is 5.91 Å². The molecule has 8 nitrogen and oxygen atoms in total. The van der Waals surface area contributed by atoms with Crippen LogP contribution in [-0.2, 0) is 11.3 Å². The molecule has 5 aromatic rings. The van der Waals surface area contributed by atoms with Gasteiger partial charge in [0.05, 0.1) is 11.3 Å². The SMILES string of the molecule is C=CC(=O)N1CC2CCC(C1)N2Cc1ccc(-n2c(-c3cccnc3N)nc3ccc(-c4ccccc4)nc32)cc1. The number of nitrogen functional groups attached to an aromatic ring is 1. The molecule has 2 atom stereocenters. The minimum atomic E-state index is 0.0348. The van der Waals surface area contributed by atoms with Crippen LogP contribution in [0.2, 0.25) is 0 Å². The van der Waals surface area contributed by atoms with Crippen molar-refractivity contribution in [3.8, 4) is 28.3 Å². The fraction of sp³-hybridized carbons (Fsp3) is 0.212. The van der Waals surface area contributed by atoms with E-state index in [1.54, 1.807) is 6.20 Å². The van der Waals surface area contributed by atoms with Gasteiger partial charge in [0.25, 0.3) is 0 Å². The summed E-state index contributed by atoms with van der Waals surface area (Å²) in [4.78, 5) is 31.1. The Balaban J connectivity index is 1.25. The van der Waals surface area contributed by atoms with Crippen LogP contribution in [0.5, 0.6) is 0 Å². The van der Waals surface area contributed by atoms with E-state index in [-0.39, 0.29) is 5.91 Å². The van der Waals surface area contributed by atoms with E-state index < -0.39 is 0 Å². The maximum atomic E-state index is 12.2. The van der Waals surface area contributed by atoms with Crippen LogP contribution in [-0.4, -0.2) is 60.4 Å². The van der Waals surface area contributed by atoms with Gasteiger partial charge in [-0.1, -0.05) is 49.0 Å². The van der Waals surface area contributed by atoms with Gasteiger partial charge in [0.15, 0.2) is 11.5 Å². The second-order valence-corrected chi connectivity index (χ2v) is 10.8. The molecule has 0 saturated carbocycles. The molecule has 204 valence electrons. The number of carbonyl (C=O) groups excluding carboxylic acids is 1. The van der Waals surface area contributed by atoms with Crippen LogP contribution in [0.3, 0.4) is 0 Å². The molecule has 3 aromatic heterocycles. The molecule has 41 heavy (non-hydrogen) atoms. The first-order valence-electron chi connectivity index (χ1n) is 14.0. The number of nitrogens with two attached hydrogens (primary N) is 1. The molecule has 0 aliphatic carbocycles. The van der Waals surface area contributed by atoms with Crippen LogP contribution in [0.25, 0.3) is 39.5 Å². The molecule has 2 saturated heterocycles. The summed E-state index contributed by atoms with van der Waals surface area (Å²) in [5, 5.41) is 0. The maximum absolute atomic E-state index is 12.2. The number of carbonyl (C=O) groups is 1. The smallest absolute Gasteiger partial charge is 0.246 e. The number of aromatic nitrogens is 4. The Morgan fingerprint density at radius 1 is 0.927 bits per heavy atom. The first-order valence-corrected chi connectivity index (χ1v) is 14.0. The molecule has 2 fully saturated rings. The topological polar surface area (TPSA) is 93.2 Å². The largest absolute Gasteiger partial charge is 0.383 e. The molecular formula is C33H31N7O. The van der Waals surface area contributed by atoms with Crippen molar-refractivity contribution in [1.29, 1.82) is 0 Å². The number of imidazole rings is 1. The van der Waals surface area contributed by atoms with Gasteiger partial charge in [-0.15, -0.1) is 0 Å². The molecule has 8 heteroatoms. The second-order valence-electron chi connectivity index (χ2n) is 10.8. The number of anilines is 1. The van der Waals surface area contributed by atoms with Gasteiger partial charge in [-0.2, -0.15) is 0 Å². The molecule has 1 amide bonds. The highest BCUT2D eigenvalue weighted by atomic mass is 16.2. The van der Waals surface area contributed by atoms with Crippen molar-refractivity contribution in [3.63, 3.8) is 0 Å². The number of pyridine rings is 2. The van der Waals surface area contributed by atoms with Gasteiger partial charge in [0, 0.05) is 49.2 Å². The minimum absolute atomic E-state index is 0.0348. The number of benzene rings is 2. The van der Waals surface area contributed by atoms with Crippen molar-refractivity contribution >= 4 is 22.9 Å². The number of fused-ring (bicyclic) bond motifs is 3. The lowest BCUT2D eigenvalue weighted by molar-refractivity contribution is -0.129. The number of piperazine rings is 1. The Bertz CT molecular complexity index is 1730. The molecule has 2 bridgehead atoms. The van der Waals surface area contributed by atoms with E-state index in [1.165, 1.54) is 11.6 Å². The quantitative estimate of drug-likeness (QED) is 0.301.